The molecule has 0 fully saturated rings. The van der Waals surface area contributed by atoms with Crippen molar-refractivity contribution in [2.45, 2.75) is 18.9 Å². The van der Waals surface area contributed by atoms with Gasteiger partial charge in [0.2, 0.25) is 0 Å². The Labute approximate surface area is 171 Å². The standard InChI is InChI=1S/C20H19N5O3S/c21-13-5-1-2-6-14(13)23-18(26)19-24-15-7-9-25(20(27)28)16(17(15)29-19)10-12-4-3-8-22-11-12/h1-6,8,11,16H,7,9-10,21H2,(H,23,26)(H,27,28). The van der Waals surface area contributed by atoms with Gasteiger partial charge in [0.1, 0.15) is 0 Å². The van der Waals surface area contributed by atoms with Crippen LogP contribution in [0.25, 0.3) is 0 Å². The van der Waals surface area contributed by atoms with E-state index < -0.39 is 12.1 Å². The number of fused-ring (bicyclic) bond motifs is 1. The van der Waals surface area contributed by atoms with Crippen molar-refractivity contribution < 1.29 is 14.7 Å². The van der Waals surface area contributed by atoms with E-state index >= 15 is 0 Å². The number of carbonyl (C=O) groups excluding carboxylic acids is 1. The molecule has 2 amide bonds. The van der Waals surface area contributed by atoms with Crippen molar-refractivity contribution in [3.63, 3.8) is 0 Å². The third kappa shape index (κ3) is 3.90. The van der Waals surface area contributed by atoms with Crippen LogP contribution >= 0.6 is 11.3 Å². The van der Waals surface area contributed by atoms with Gasteiger partial charge in [-0.3, -0.25) is 14.7 Å². The van der Waals surface area contributed by atoms with E-state index in [9.17, 15) is 14.7 Å². The van der Waals surface area contributed by atoms with Gasteiger partial charge < -0.3 is 16.2 Å². The number of pyridine rings is 1. The van der Waals surface area contributed by atoms with Gasteiger partial charge in [-0.05, 0) is 30.2 Å². The van der Waals surface area contributed by atoms with Gasteiger partial charge in [-0.15, -0.1) is 11.3 Å². The lowest BCUT2D eigenvalue weighted by molar-refractivity contribution is 0.102. The van der Waals surface area contributed by atoms with Crippen molar-refractivity contribution in [1.29, 1.82) is 0 Å². The summed E-state index contributed by atoms with van der Waals surface area (Å²) in [7, 11) is 0. The summed E-state index contributed by atoms with van der Waals surface area (Å²) in [5.41, 5.74) is 8.57. The summed E-state index contributed by atoms with van der Waals surface area (Å²) in [5.74, 6) is -0.357. The van der Waals surface area contributed by atoms with Crippen molar-refractivity contribution in [1.82, 2.24) is 14.9 Å². The number of thiazole rings is 1. The van der Waals surface area contributed by atoms with E-state index in [2.05, 4.69) is 15.3 Å². The molecule has 1 unspecified atom stereocenters. The molecular formula is C20H19N5O3S. The van der Waals surface area contributed by atoms with Crippen LogP contribution in [-0.4, -0.2) is 38.5 Å². The minimum atomic E-state index is -0.985. The molecule has 0 radical (unpaired) electrons. The number of amides is 2. The van der Waals surface area contributed by atoms with Crippen molar-refractivity contribution in [3.8, 4) is 0 Å². The molecule has 3 aromatic rings. The third-order valence-corrected chi connectivity index (χ3v) is 5.99. The largest absolute Gasteiger partial charge is 0.465 e. The van der Waals surface area contributed by atoms with E-state index in [-0.39, 0.29) is 5.91 Å². The lowest BCUT2D eigenvalue weighted by Gasteiger charge is -2.32. The quantitative estimate of drug-likeness (QED) is 0.569. The van der Waals surface area contributed by atoms with Gasteiger partial charge in [-0.2, -0.15) is 0 Å². The van der Waals surface area contributed by atoms with E-state index in [0.717, 1.165) is 16.1 Å². The molecule has 4 rings (SSSR count). The smallest absolute Gasteiger partial charge is 0.407 e. The number of aromatic nitrogens is 2. The Morgan fingerprint density at radius 1 is 1.28 bits per heavy atom. The molecule has 29 heavy (non-hydrogen) atoms. The number of nitrogens with zero attached hydrogens (tertiary/aromatic N) is 3. The Balaban J connectivity index is 1.63. The molecule has 1 aliphatic rings. The summed E-state index contributed by atoms with van der Waals surface area (Å²) < 4.78 is 0. The van der Waals surface area contributed by atoms with Crippen LogP contribution in [0, 0.1) is 0 Å². The number of nitrogens with one attached hydrogen (secondary N) is 1. The fourth-order valence-electron chi connectivity index (χ4n) is 3.38. The maximum Gasteiger partial charge on any atom is 0.407 e. The second-order valence-electron chi connectivity index (χ2n) is 6.68. The van der Waals surface area contributed by atoms with Gasteiger partial charge >= 0.3 is 6.09 Å². The zero-order chi connectivity index (χ0) is 20.4. The molecule has 0 bridgehead atoms. The molecule has 4 N–H and O–H groups in total. The van der Waals surface area contributed by atoms with E-state index in [0.29, 0.717) is 35.8 Å². The highest BCUT2D eigenvalue weighted by Crippen LogP contribution is 2.37. The Morgan fingerprint density at radius 3 is 2.83 bits per heavy atom. The summed E-state index contributed by atoms with van der Waals surface area (Å²) in [5, 5.41) is 12.7. The number of hydrogen-bond acceptors (Lipinski definition) is 6. The number of anilines is 2. The molecule has 0 spiro atoms. The zero-order valence-electron chi connectivity index (χ0n) is 15.4. The summed E-state index contributed by atoms with van der Waals surface area (Å²) in [6.45, 7) is 0.337. The Hall–Kier alpha value is -3.46. The predicted molar refractivity (Wildman–Crippen MR) is 110 cm³/mol. The Morgan fingerprint density at radius 2 is 2.10 bits per heavy atom. The van der Waals surface area contributed by atoms with Crippen LogP contribution in [0.1, 0.15) is 32.0 Å². The monoisotopic (exact) mass is 409 g/mol. The van der Waals surface area contributed by atoms with Gasteiger partial charge in [-0.25, -0.2) is 9.78 Å². The van der Waals surface area contributed by atoms with Crippen LogP contribution in [0.15, 0.2) is 48.8 Å². The van der Waals surface area contributed by atoms with Gasteiger partial charge in [0, 0.05) is 25.4 Å². The number of nitrogens with two attached hydrogens (primary N) is 1. The average Bonchev–Trinajstić information content (AvgIpc) is 3.15. The van der Waals surface area contributed by atoms with E-state index in [1.54, 1.807) is 36.7 Å². The maximum atomic E-state index is 12.7. The molecule has 8 nitrogen and oxygen atoms in total. The number of rotatable bonds is 4. The number of hydrogen-bond donors (Lipinski definition) is 3. The molecular weight excluding hydrogens is 390 g/mol. The highest BCUT2D eigenvalue weighted by Gasteiger charge is 2.34. The molecule has 0 saturated heterocycles. The highest BCUT2D eigenvalue weighted by atomic mass is 32.1. The zero-order valence-corrected chi connectivity index (χ0v) is 16.2. The number of carboxylic acid groups (broad SMARTS) is 1. The summed E-state index contributed by atoms with van der Waals surface area (Å²) >= 11 is 1.23. The molecule has 148 valence electrons. The first-order chi connectivity index (χ1) is 14.0. The molecule has 9 heteroatoms. The number of benzene rings is 1. The van der Waals surface area contributed by atoms with Crippen LogP contribution in [0.2, 0.25) is 0 Å². The van der Waals surface area contributed by atoms with E-state index in [1.165, 1.54) is 16.2 Å². The Bertz CT molecular complexity index is 1050. The van der Waals surface area contributed by atoms with Crippen LogP contribution in [0.4, 0.5) is 16.2 Å². The first-order valence-electron chi connectivity index (χ1n) is 9.07. The highest BCUT2D eigenvalue weighted by molar-refractivity contribution is 7.14. The molecule has 2 aromatic heterocycles. The minimum absolute atomic E-state index is 0.293. The lowest BCUT2D eigenvalue weighted by atomic mass is 9.99. The summed E-state index contributed by atoms with van der Waals surface area (Å²) in [6.07, 6.45) is 3.36. The molecule has 1 aliphatic heterocycles. The topological polar surface area (TPSA) is 121 Å². The normalized spacial score (nSPS) is 15.6. The number of nitrogen functional groups attached to an aromatic ring is 1. The molecule has 0 saturated carbocycles. The summed E-state index contributed by atoms with van der Waals surface area (Å²) in [4.78, 5) is 35.3. The fraction of sp³-hybridized carbons (Fsp3) is 0.200. The molecule has 3 heterocycles. The minimum Gasteiger partial charge on any atom is -0.465 e. The first kappa shape index (κ1) is 18.9. The Kier molecular flexibility index (Phi) is 5.13. The van der Waals surface area contributed by atoms with Crippen molar-refractivity contribution >= 4 is 34.7 Å². The van der Waals surface area contributed by atoms with Crippen molar-refractivity contribution in [3.05, 3.63) is 69.9 Å². The number of para-hydroxylation sites is 2. The van der Waals surface area contributed by atoms with Gasteiger partial charge in [0.25, 0.3) is 5.91 Å². The molecule has 0 aliphatic carbocycles. The maximum absolute atomic E-state index is 12.7. The second kappa shape index (κ2) is 7.88. The van der Waals surface area contributed by atoms with E-state index in [4.69, 9.17) is 5.73 Å². The van der Waals surface area contributed by atoms with Crippen molar-refractivity contribution in [2.24, 2.45) is 0 Å². The van der Waals surface area contributed by atoms with Crippen molar-refractivity contribution in [2.75, 3.05) is 17.6 Å². The van der Waals surface area contributed by atoms with Gasteiger partial charge in [0.05, 0.1) is 28.0 Å². The van der Waals surface area contributed by atoms with Crippen LogP contribution in [-0.2, 0) is 12.8 Å². The van der Waals surface area contributed by atoms with Gasteiger partial charge in [-0.1, -0.05) is 18.2 Å². The molecule has 1 atom stereocenters. The summed E-state index contributed by atoms with van der Waals surface area (Å²) in [6, 6.07) is 10.3. The predicted octanol–water partition coefficient (Wildman–Crippen LogP) is 3.19. The fourth-order valence-corrected chi connectivity index (χ4v) is 4.50. The molecule has 1 aromatic carbocycles. The lowest BCUT2D eigenvalue weighted by Crippen LogP contribution is -2.39. The van der Waals surface area contributed by atoms with E-state index in [1.807, 2.05) is 12.1 Å². The van der Waals surface area contributed by atoms with Crippen LogP contribution in [0.5, 0.6) is 0 Å². The third-order valence-electron chi connectivity index (χ3n) is 4.80. The first-order valence-corrected chi connectivity index (χ1v) is 9.88. The average molecular weight is 409 g/mol. The van der Waals surface area contributed by atoms with Crippen LogP contribution < -0.4 is 11.1 Å². The number of carbonyl (C=O) groups is 2. The van der Waals surface area contributed by atoms with Crippen LogP contribution in [0.3, 0.4) is 0 Å². The second-order valence-corrected chi connectivity index (χ2v) is 7.71. The SMILES string of the molecule is Nc1ccccc1NC(=O)c1nc2c(s1)C(Cc1cccnc1)N(C(=O)O)CC2. The van der Waals surface area contributed by atoms with Gasteiger partial charge in [0.15, 0.2) is 5.01 Å².